The third-order valence-corrected chi connectivity index (χ3v) is 3.27. The van der Waals surface area contributed by atoms with Gasteiger partial charge < -0.3 is 5.11 Å². The summed E-state index contributed by atoms with van der Waals surface area (Å²) in [4.78, 5) is 11.0. The summed E-state index contributed by atoms with van der Waals surface area (Å²) in [5, 5.41) is 9.84. The van der Waals surface area contributed by atoms with E-state index in [1.165, 1.54) is 6.07 Å². The summed E-state index contributed by atoms with van der Waals surface area (Å²) in [6.07, 6.45) is 0. The number of aryl methyl sites for hydroxylation is 1. The van der Waals surface area contributed by atoms with Crippen LogP contribution in [0.25, 0.3) is 11.1 Å². The predicted molar refractivity (Wildman–Crippen MR) is 73.6 cm³/mol. The van der Waals surface area contributed by atoms with Crippen LogP contribution in [0.15, 0.2) is 36.4 Å². The zero-order chi connectivity index (χ0) is 13.3. The van der Waals surface area contributed by atoms with Gasteiger partial charge in [-0.25, -0.2) is 4.79 Å². The quantitative estimate of drug-likeness (QED) is 0.868. The molecule has 2 aromatic rings. The molecule has 0 fully saturated rings. The van der Waals surface area contributed by atoms with Crippen molar-refractivity contribution in [2.24, 2.45) is 0 Å². The van der Waals surface area contributed by atoms with E-state index in [0.717, 1.165) is 16.7 Å². The monoisotopic (exact) mass is 280 g/mol. The average Bonchev–Trinajstić information content (AvgIpc) is 2.30. The molecule has 0 radical (unpaired) electrons. The van der Waals surface area contributed by atoms with Crippen molar-refractivity contribution in [3.63, 3.8) is 0 Å². The molecule has 18 heavy (non-hydrogen) atoms. The number of carboxylic acid groups (broad SMARTS) is 1. The SMILES string of the molecule is Cc1ccc(-c2ccc(Cl)c(C(=O)O)c2)c(Cl)c1. The minimum absolute atomic E-state index is 0.0748. The Morgan fingerprint density at radius 1 is 1.06 bits per heavy atom. The first-order valence-corrected chi connectivity index (χ1v) is 6.04. The largest absolute Gasteiger partial charge is 0.478 e. The van der Waals surface area contributed by atoms with Crippen LogP contribution >= 0.6 is 23.2 Å². The molecule has 4 heteroatoms. The summed E-state index contributed by atoms with van der Waals surface area (Å²) in [7, 11) is 0. The number of halogens is 2. The first-order chi connectivity index (χ1) is 8.49. The molecular weight excluding hydrogens is 271 g/mol. The Bertz CT molecular complexity index is 621. The second-order valence-electron chi connectivity index (χ2n) is 3.98. The molecule has 0 saturated carbocycles. The minimum Gasteiger partial charge on any atom is -0.478 e. The molecule has 92 valence electrons. The summed E-state index contributed by atoms with van der Waals surface area (Å²) in [6, 6.07) is 10.5. The van der Waals surface area contributed by atoms with E-state index < -0.39 is 5.97 Å². The summed E-state index contributed by atoms with van der Waals surface area (Å²) < 4.78 is 0. The summed E-state index contributed by atoms with van der Waals surface area (Å²) in [5.41, 5.74) is 2.66. The Hall–Kier alpha value is -1.51. The van der Waals surface area contributed by atoms with Gasteiger partial charge in [0.05, 0.1) is 10.6 Å². The van der Waals surface area contributed by atoms with Gasteiger partial charge in [-0.1, -0.05) is 41.4 Å². The van der Waals surface area contributed by atoms with E-state index in [4.69, 9.17) is 28.3 Å². The number of hydrogen-bond acceptors (Lipinski definition) is 1. The van der Waals surface area contributed by atoms with Gasteiger partial charge in [-0.15, -0.1) is 0 Å². The molecule has 2 nitrogen and oxygen atoms in total. The van der Waals surface area contributed by atoms with Crippen molar-refractivity contribution >= 4 is 29.2 Å². The van der Waals surface area contributed by atoms with Crippen molar-refractivity contribution < 1.29 is 9.90 Å². The molecule has 2 rings (SSSR count). The van der Waals surface area contributed by atoms with Crippen molar-refractivity contribution in [2.45, 2.75) is 6.92 Å². The average molecular weight is 281 g/mol. The molecule has 0 aliphatic carbocycles. The molecule has 0 bridgehead atoms. The van der Waals surface area contributed by atoms with Crippen LogP contribution in [0, 0.1) is 6.92 Å². The number of carbonyl (C=O) groups is 1. The van der Waals surface area contributed by atoms with Crippen molar-refractivity contribution in [3.8, 4) is 11.1 Å². The normalized spacial score (nSPS) is 10.4. The maximum atomic E-state index is 11.0. The molecule has 0 unspecified atom stereocenters. The van der Waals surface area contributed by atoms with Crippen LogP contribution in [-0.2, 0) is 0 Å². The number of rotatable bonds is 2. The second-order valence-corrected chi connectivity index (χ2v) is 4.80. The van der Waals surface area contributed by atoms with Gasteiger partial charge >= 0.3 is 5.97 Å². The van der Waals surface area contributed by atoms with Crippen molar-refractivity contribution in [1.29, 1.82) is 0 Å². The smallest absolute Gasteiger partial charge is 0.337 e. The minimum atomic E-state index is -1.05. The maximum Gasteiger partial charge on any atom is 0.337 e. The molecule has 2 aromatic carbocycles. The van der Waals surface area contributed by atoms with E-state index in [-0.39, 0.29) is 10.6 Å². The van der Waals surface area contributed by atoms with E-state index in [1.54, 1.807) is 12.1 Å². The lowest BCUT2D eigenvalue weighted by Gasteiger charge is -2.07. The maximum absolute atomic E-state index is 11.0. The number of hydrogen-bond donors (Lipinski definition) is 1. The first-order valence-electron chi connectivity index (χ1n) is 5.28. The van der Waals surface area contributed by atoms with Gasteiger partial charge in [-0.2, -0.15) is 0 Å². The highest BCUT2D eigenvalue weighted by Crippen LogP contribution is 2.31. The topological polar surface area (TPSA) is 37.3 Å². The lowest BCUT2D eigenvalue weighted by molar-refractivity contribution is 0.0697. The number of carboxylic acids is 1. The van der Waals surface area contributed by atoms with Gasteiger partial charge in [0.2, 0.25) is 0 Å². The van der Waals surface area contributed by atoms with E-state index in [2.05, 4.69) is 0 Å². The predicted octanol–water partition coefficient (Wildman–Crippen LogP) is 4.67. The standard InChI is InChI=1S/C14H10Cl2O2/c1-8-2-4-10(13(16)6-8)9-3-5-12(15)11(7-9)14(17)18/h2-7H,1H3,(H,17,18). The van der Waals surface area contributed by atoms with E-state index in [9.17, 15) is 4.79 Å². The Morgan fingerprint density at radius 3 is 2.39 bits per heavy atom. The Labute approximate surface area is 115 Å². The van der Waals surface area contributed by atoms with Crippen LogP contribution in [0.2, 0.25) is 10.0 Å². The fourth-order valence-electron chi connectivity index (χ4n) is 1.71. The molecule has 0 aliphatic rings. The van der Waals surface area contributed by atoms with Crippen LogP contribution in [0.3, 0.4) is 0 Å². The molecule has 0 amide bonds. The molecule has 0 atom stereocenters. The summed E-state index contributed by atoms with van der Waals surface area (Å²) in [6.45, 7) is 1.94. The molecular formula is C14H10Cl2O2. The highest BCUT2D eigenvalue weighted by molar-refractivity contribution is 6.34. The molecule has 0 aromatic heterocycles. The fourth-order valence-corrected chi connectivity index (χ4v) is 2.25. The van der Waals surface area contributed by atoms with E-state index >= 15 is 0 Å². The van der Waals surface area contributed by atoms with E-state index in [1.807, 2.05) is 25.1 Å². The molecule has 0 spiro atoms. The van der Waals surface area contributed by atoms with Crippen LogP contribution in [0.1, 0.15) is 15.9 Å². The molecule has 0 saturated heterocycles. The fraction of sp³-hybridized carbons (Fsp3) is 0.0714. The lowest BCUT2D eigenvalue weighted by atomic mass is 10.0. The van der Waals surface area contributed by atoms with Gasteiger partial charge in [0.15, 0.2) is 0 Å². The van der Waals surface area contributed by atoms with Gasteiger partial charge in [0.1, 0.15) is 0 Å². The number of benzene rings is 2. The van der Waals surface area contributed by atoms with Crippen LogP contribution in [0.4, 0.5) is 0 Å². The van der Waals surface area contributed by atoms with Gasteiger partial charge in [-0.05, 0) is 36.2 Å². The van der Waals surface area contributed by atoms with Gasteiger partial charge in [0, 0.05) is 10.6 Å². The highest BCUT2D eigenvalue weighted by Gasteiger charge is 2.11. The Kier molecular flexibility index (Phi) is 3.60. The zero-order valence-electron chi connectivity index (χ0n) is 9.58. The number of aromatic carboxylic acids is 1. The summed E-state index contributed by atoms with van der Waals surface area (Å²) in [5.74, 6) is -1.05. The van der Waals surface area contributed by atoms with Crippen LogP contribution < -0.4 is 0 Å². The lowest BCUT2D eigenvalue weighted by Crippen LogP contribution is -1.97. The van der Waals surface area contributed by atoms with Crippen molar-refractivity contribution in [2.75, 3.05) is 0 Å². The van der Waals surface area contributed by atoms with Gasteiger partial charge in [-0.3, -0.25) is 0 Å². The highest BCUT2D eigenvalue weighted by atomic mass is 35.5. The first kappa shape index (κ1) is 12.9. The third-order valence-electron chi connectivity index (χ3n) is 2.63. The Balaban J connectivity index is 2.58. The molecule has 0 heterocycles. The molecule has 0 aliphatic heterocycles. The summed E-state index contributed by atoms with van der Waals surface area (Å²) >= 11 is 12.0. The van der Waals surface area contributed by atoms with Crippen molar-refractivity contribution in [1.82, 2.24) is 0 Å². The van der Waals surface area contributed by atoms with Gasteiger partial charge in [0.25, 0.3) is 0 Å². The van der Waals surface area contributed by atoms with Crippen LogP contribution in [-0.4, -0.2) is 11.1 Å². The molecule has 1 N–H and O–H groups in total. The van der Waals surface area contributed by atoms with E-state index in [0.29, 0.717) is 5.02 Å². The second kappa shape index (κ2) is 5.01. The van der Waals surface area contributed by atoms with Crippen LogP contribution in [0.5, 0.6) is 0 Å². The third kappa shape index (κ3) is 2.50. The Morgan fingerprint density at radius 2 is 1.78 bits per heavy atom. The van der Waals surface area contributed by atoms with Crippen molar-refractivity contribution in [3.05, 3.63) is 57.6 Å². The zero-order valence-corrected chi connectivity index (χ0v) is 11.1.